The fourth-order valence-electron chi connectivity index (χ4n) is 1.85. The van der Waals surface area contributed by atoms with Gasteiger partial charge in [-0.1, -0.05) is 31.0 Å². The van der Waals surface area contributed by atoms with Crippen molar-refractivity contribution < 1.29 is 4.39 Å². The molecule has 0 saturated carbocycles. The van der Waals surface area contributed by atoms with Crippen LogP contribution in [0, 0.1) is 12.7 Å². The zero-order chi connectivity index (χ0) is 11.5. The number of aromatic nitrogens is 1. The maximum Gasteiger partial charge on any atom is 0.152 e. The molecule has 84 valence electrons. The lowest BCUT2D eigenvalue weighted by Crippen LogP contribution is -1.96. The van der Waals surface area contributed by atoms with E-state index in [-0.39, 0.29) is 5.82 Å². The summed E-state index contributed by atoms with van der Waals surface area (Å²) in [5.74, 6) is -0.144. The Kier molecular flexibility index (Phi) is 3.18. The van der Waals surface area contributed by atoms with Crippen LogP contribution in [0.2, 0.25) is 0 Å². The van der Waals surface area contributed by atoms with E-state index in [1.165, 1.54) is 0 Å². The highest BCUT2D eigenvalue weighted by molar-refractivity contribution is 5.83. The predicted molar refractivity (Wildman–Crippen MR) is 65.1 cm³/mol. The molecular weight excluding hydrogens is 201 g/mol. The SMILES string of the molecule is CCCCc1ncc2ccc(C)cc2c1F. The monoisotopic (exact) mass is 217 g/mol. The normalized spacial score (nSPS) is 10.9. The number of fused-ring (bicyclic) bond motifs is 1. The smallest absolute Gasteiger partial charge is 0.152 e. The van der Waals surface area contributed by atoms with Crippen molar-refractivity contribution in [1.29, 1.82) is 0 Å². The summed E-state index contributed by atoms with van der Waals surface area (Å²) in [6, 6.07) is 5.79. The number of hydrogen-bond donors (Lipinski definition) is 0. The third-order valence-electron chi connectivity index (χ3n) is 2.83. The summed E-state index contributed by atoms with van der Waals surface area (Å²) in [7, 11) is 0. The second kappa shape index (κ2) is 4.60. The van der Waals surface area contributed by atoms with Gasteiger partial charge in [-0.2, -0.15) is 0 Å². The van der Waals surface area contributed by atoms with Crippen LogP contribution in [0.3, 0.4) is 0 Å². The van der Waals surface area contributed by atoms with Crippen LogP contribution in [0.1, 0.15) is 31.0 Å². The summed E-state index contributed by atoms with van der Waals surface area (Å²) in [6.07, 6.45) is 4.54. The Morgan fingerprint density at radius 3 is 2.88 bits per heavy atom. The van der Waals surface area contributed by atoms with E-state index in [2.05, 4.69) is 11.9 Å². The molecule has 0 fully saturated rings. The molecule has 1 heterocycles. The van der Waals surface area contributed by atoms with Crippen molar-refractivity contribution in [3.63, 3.8) is 0 Å². The van der Waals surface area contributed by atoms with Crippen LogP contribution < -0.4 is 0 Å². The van der Waals surface area contributed by atoms with Crippen molar-refractivity contribution in [3.05, 3.63) is 41.5 Å². The average molecular weight is 217 g/mol. The molecular formula is C14H16FN. The first-order valence-electron chi connectivity index (χ1n) is 5.76. The van der Waals surface area contributed by atoms with Crippen LogP contribution in [0.25, 0.3) is 10.8 Å². The van der Waals surface area contributed by atoms with Crippen LogP contribution >= 0.6 is 0 Å². The van der Waals surface area contributed by atoms with E-state index in [1.54, 1.807) is 6.20 Å². The summed E-state index contributed by atoms with van der Waals surface area (Å²) >= 11 is 0. The van der Waals surface area contributed by atoms with Gasteiger partial charge in [-0.15, -0.1) is 0 Å². The fraction of sp³-hybridized carbons (Fsp3) is 0.357. The van der Waals surface area contributed by atoms with Gasteiger partial charge in [0.25, 0.3) is 0 Å². The van der Waals surface area contributed by atoms with Gasteiger partial charge in [0.05, 0.1) is 5.69 Å². The second-order valence-corrected chi connectivity index (χ2v) is 4.21. The molecule has 0 bridgehead atoms. The lowest BCUT2D eigenvalue weighted by molar-refractivity contribution is 0.603. The van der Waals surface area contributed by atoms with E-state index in [1.807, 2.05) is 25.1 Å². The van der Waals surface area contributed by atoms with Gasteiger partial charge in [0, 0.05) is 17.0 Å². The summed E-state index contributed by atoms with van der Waals surface area (Å²) in [6.45, 7) is 4.08. The van der Waals surface area contributed by atoms with Crippen molar-refractivity contribution >= 4 is 10.8 Å². The summed E-state index contributed by atoms with van der Waals surface area (Å²) in [5, 5.41) is 1.57. The molecule has 0 spiro atoms. The molecule has 0 aliphatic carbocycles. The van der Waals surface area contributed by atoms with Crippen LogP contribution in [-0.2, 0) is 6.42 Å². The maximum atomic E-state index is 14.1. The van der Waals surface area contributed by atoms with Crippen LogP contribution in [0.15, 0.2) is 24.4 Å². The standard InChI is InChI=1S/C14H16FN/c1-3-4-5-13-14(15)12-8-10(2)6-7-11(12)9-16-13/h6-9H,3-5H2,1-2H3. The van der Waals surface area contributed by atoms with Gasteiger partial charge in [-0.25, -0.2) is 4.39 Å². The quantitative estimate of drug-likeness (QED) is 0.756. The van der Waals surface area contributed by atoms with Crippen LogP contribution in [0.4, 0.5) is 4.39 Å². The lowest BCUT2D eigenvalue weighted by atomic mass is 10.1. The molecule has 0 amide bonds. The van der Waals surface area contributed by atoms with Gasteiger partial charge in [-0.3, -0.25) is 4.98 Å². The minimum atomic E-state index is -0.144. The highest BCUT2D eigenvalue weighted by Gasteiger charge is 2.08. The molecule has 1 nitrogen and oxygen atoms in total. The van der Waals surface area contributed by atoms with Gasteiger partial charge in [0.2, 0.25) is 0 Å². The van der Waals surface area contributed by atoms with Gasteiger partial charge in [0.1, 0.15) is 0 Å². The minimum absolute atomic E-state index is 0.144. The highest BCUT2D eigenvalue weighted by Crippen LogP contribution is 2.21. The third-order valence-corrected chi connectivity index (χ3v) is 2.83. The largest absolute Gasteiger partial charge is 0.258 e. The molecule has 0 atom stereocenters. The van der Waals surface area contributed by atoms with E-state index >= 15 is 0 Å². The van der Waals surface area contributed by atoms with E-state index in [0.717, 1.165) is 30.2 Å². The molecule has 0 aliphatic heterocycles. The molecule has 0 aliphatic rings. The average Bonchev–Trinajstić information content (AvgIpc) is 2.29. The lowest BCUT2D eigenvalue weighted by Gasteiger charge is -2.05. The Morgan fingerprint density at radius 2 is 2.12 bits per heavy atom. The summed E-state index contributed by atoms with van der Waals surface area (Å²) in [5.41, 5.74) is 1.68. The van der Waals surface area contributed by atoms with Crippen LogP contribution in [-0.4, -0.2) is 4.98 Å². The molecule has 2 heteroatoms. The Labute approximate surface area is 95.3 Å². The molecule has 2 aromatic rings. The third kappa shape index (κ3) is 2.06. The number of hydrogen-bond acceptors (Lipinski definition) is 1. The van der Waals surface area contributed by atoms with E-state index in [0.29, 0.717) is 11.1 Å². The van der Waals surface area contributed by atoms with E-state index < -0.39 is 0 Å². The zero-order valence-corrected chi connectivity index (χ0v) is 9.76. The first-order valence-corrected chi connectivity index (χ1v) is 5.76. The van der Waals surface area contributed by atoms with Gasteiger partial charge in [0.15, 0.2) is 5.82 Å². The Bertz CT molecular complexity index is 505. The minimum Gasteiger partial charge on any atom is -0.258 e. The molecule has 0 radical (unpaired) electrons. The Morgan fingerprint density at radius 1 is 1.31 bits per heavy atom. The number of aryl methyl sites for hydroxylation is 2. The molecule has 2 rings (SSSR count). The molecule has 16 heavy (non-hydrogen) atoms. The topological polar surface area (TPSA) is 12.9 Å². The first kappa shape index (κ1) is 11.1. The number of pyridine rings is 1. The van der Waals surface area contributed by atoms with Gasteiger partial charge >= 0.3 is 0 Å². The van der Waals surface area contributed by atoms with Crippen LogP contribution in [0.5, 0.6) is 0 Å². The van der Waals surface area contributed by atoms with Crippen molar-refractivity contribution in [2.24, 2.45) is 0 Å². The number of halogens is 1. The number of nitrogens with zero attached hydrogens (tertiary/aromatic N) is 1. The summed E-state index contributed by atoms with van der Waals surface area (Å²) in [4.78, 5) is 4.20. The number of unbranched alkanes of at least 4 members (excludes halogenated alkanes) is 1. The van der Waals surface area contributed by atoms with E-state index in [4.69, 9.17) is 0 Å². The van der Waals surface area contributed by atoms with E-state index in [9.17, 15) is 4.39 Å². The molecule has 0 saturated heterocycles. The Hall–Kier alpha value is -1.44. The van der Waals surface area contributed by atoms with Crippen molar-refractivity contribution in [1.82, 2.24) is 4.98 Å². The summed E-state index contributed by atoms with van der Waals surface area (Å²) < 4.78 is 14.1. The predicted octanol–water partition coefficient (Wildman–Crippen LogP) is 4.02. The molecule has 1 aromatic heterocycles. The number of rotatable bonds is 3. The molecule has 0 N–H and O–H groups in total. The van der Waals surface area contributed by atoms with Gasteiger partial charge < -0.3 is 0 Å². The van der Waals surface area contributed by atoms with Crippen molar-refractivity contribution in [3.8, 4) is 0 Å². The van der Waals surface area contributed by atoms with Crippen molar-refractivity contribution in [2.75, 3.05) is 0 Å². The maximum absolute atomic E-state index is 14.1. The molecule has 0 unspecified atom stereocenters. The Balaban J connectivity index is 2.50. The van der Waals surface area contributed by atoms with Gasteiger partial charge in [-0.05, 0) is 25.8 Å². The second-order valence-electron chi connectivity index (χ2n) is 4.21. The zero-order valence-electron chi connectivity index (χ0n) is 9.76. The molecule has 1 aromatic carbocycles. The fourth-order valence-corrected chi connectivity index (χ4v) is 1.85. The first-order chi connectivity index (χ1) is 7.72. The number of benzene rings is 1. The van der Waals surface area contributed by atoms with Crippen molar-refractivity contribution in [2.45, 2.75) is 33.1 Å². The highest BCUT2D eigenvalue weighted by atomic mass is 19.1.